The molecule has 9 heteroatoms. The van der Waals surface area contributed by atoms with Crippen molar-refractivity contribution in [2.75, 3.05) is 0 Å². The van der Waals surface area contributed by atoms with Gasteiger partial charge in [0.15, 0.2) is 0 Å². The van der Waals surface area contributed by atoms with Gasteiger partial charge in [-0.2, -0.15) is 0 Å². The Balaban J connectivity index is 0.00000169. The van der Waals surface area contributed by atoms with E-state index in [0.29, 0.717) is 4.57 Å². The largest absolute Gasteiger partial charge is 1.00 e. The normalized spacial score (nSPS) is 10.9. The van der Waals surface area contributed by atoms with Gasteiger partial charge in [-0.05, 0) is 22.4 Å². The molecule has 1 aromatic heterocycles. The third-order valence-corrected chi connectivity index (χ3v) is 1.81. The van der Waals surface area contributed by atoms with Gasteiger partial charge in [-0.25, -0.2) is 4.98 Å². The van der Waals surface area contributed by atoms with Gasteiger partial charge in [0.25, 0.3) is 5.56 Å². The molecule has 0 aliphatic carbocycles. The maximum absolute atomic E-state index is 11.9. The van der Waals surface area contributed by atoms with Gasteiger partial charge >= 0.3 is 58.4 Å². The maximum atomic E-state index is 11.9. The van der Waals surface area contributed by atoms with Crippen LogP contribution in [-0.2, 0) is 6.44 Å². The van der Waals surface area contributed by atoms with Crippen molar-refractivity contribution in [2.45, 2.75) is 6.44 Å². The minimum absolute atomic E-state index is 0. The van der Waals surface area contributed by atoms with Crippen molar-refractivity contribution in [1.29, 1.82) is 0 Å². The minimum atomic E-state index is -5.01. The fourth-order valence-corrected chi connectivity index (χ4v) is 1.12. The van der Waals surface area contributed by atoms with Gasteiger partial charge in [0.2, 0.25) is 0 Å². The molecule has 1 heterocycles. The van der Waals surface area contributed by atoms with Gasteiger partial charge in [0.05, 0.1) is 6.33 Å². The maximum Gasteiger partial charge on any atom is 1.00 e. The van der Waals surface area contributed by atoms with Crippen molar-refractivity contribution in [3.63, 3.8) is 0 Å². The molecule has 0 N–H and O–H groups in total. The zero-order valence-corrected chi connectivity index (χ0v) is 12.0. The van der Waals surface area contributed by atoms with Crippen molar-refractivity contribution < 1.29 is 64.3 Å². The first kappa shape index (κ1) is 14.9. The van der Waals surface area contributed by atoms with Crippen molar-refractivity contribution in [3.05, 3.63) is 27.4 Å². The zero-order valence-electron chi connectivity index (χ0n) is 7.25. The van der Waals surface area contributed by atoms with Crippen LogP contribution in [0.3, 0.4) is 0 Å². The molecular weight excluding hydrogens is 291 g/mol. The standard InChI is InChI=1S/C5H4BBrF3N2O.K/c7-4-1-11-3-12(5(4)13)2-6(8,9)10;/h1,3H,2H2;/q-1;+1. The first-order valence-corrected chi connectivity index (χ1v) is 4.10. The van der Waals surface area contributed by atoms with E-state index in [1.807, 2.05) is 0 Å². The molecule has 0 amide bonds. The summed E-state index contributed by atoms with van der Waals surface area (Å²) in [5, 5.41) is 0. The summed E-state index contributed by atoms with van der Waals surface area (Å²) in [5.74, 6) is 0. The summed E-state index contributed by atoms with van der Waals surface area (Å²) in [5.41, 5.74) is -0.728. The van der Waals surface area contributed by atoms with E-state index in [9.17, 15) is 17.7 Å². The van der Waals surface area contributed by atoms with E-state index in [1.54, 1.807) is 0 Å². The monoisotopic (exact) mass is 294 g/mol. The van der Waals surface area contributed by atoms with Crippen LogP contribution in [0, 0.1) is 0 Å². The van der Waals surface area contributed by atoms with Crippen molar-refractivity contribution in [3.8, 4) is 0 Å². The van der Waals surface area contributed by atoms with Crippen LogP contribution in [0.25, 0.3) is 0 Å². The summed E-state index contributed by atoms with van der Waals surface area (Å²) in [6.45, 7) is -5.01. The second-order valence-electron chi connectivity index (χ2n) is 2.41. The number of nitrogens with zero attached hydrogens (tertiary/aromatic N) is 2. The van der Waals surface area contributed by atoms with Gasteiger partial charge in [-0.3, -0.25) is 4.79 Å². The molecule has 0 unspecified atom stereocenters. The Morgan fingerprint density at radius 1 is 1.50 bits per heavy atom. The van der Waals surface area contributed by atoms with Crippen molar-refractivity contribution >= 4 is 22.9 Å². The quantitative estimate of drug-likeness (QED) is 0.616. The Kier molecular flexibility index (Phi) is 6.16. The van der Waals surface area contributed by atoms with Gasteiger partial charge in [0, 0.05) is 6.20 Å². The summed E-state index contributed by atoms with van der Waals surface area (Å²) in [4.78, 5) is 14.5. The molecule has 0 atom stereocenters. The molecule has 3 nitrogen and oxygen atoms in total. The molecule has 72 valence electrons. The molecule has 1 aromatic rings. The fourth-order valence-electron chi connectivity index (χ4n) is 0.777. The van der Waals surface area contributed by atoms with Gasteiger partial charge in [-0.1, -0.05) is 0 Å². The van der Waals surface area contributed by atoms with E-state index >= 15 is 0 Å². The minimum Gasteiger partial charge on any atom is -0.448 e. The van der Waals surface area contributed by atoms with Crippen LogP contribution in [0.2, 0.25) is 0 Å². The fraction of sp³-hybridized carbons (Fsp3) is 0.200. The summed E-state index contributed by atoms with van der Waals surface area (Å²) < 4.78 is 36.3. The number of rotatable bonds is 2. The summed E-state index contributed by atoms with van der Waals surface area (Å²) in [6, 6.07) is 0. The molecule has 0 radical (unpaired) electrons. The average molecular weight is 295 g/mol. The van der Waals surface area contributed by atoms with Crippen molar-refractivity contribution in [2.24, 2.45) is 0 Å². The SMILES string of the molecule is O=c1c(Br)cncn1C[B-](F)(F)F.[K+]. The van der Waals surface area contributed by atoms with Crippen LogP contribution < -0.4 is 56.9 Å². The number of halogens is 4. The number of hydrogen-bond acceptors (Lipinski definition) is 2. The van der Waals surface area contributed by atoms with Crippen LogP contribution in [-0.4, -0.2) is 16.5 Å². The Morgan fingerprint density at radius 3 is 2.57 bits per heavy atom. The van der Waals surface area contributed by atoms with Crippen LogP contribution in [0.15, 0.2) is 21.8 Å². The number of aromatic nitrogens is 2. The van der Waals surface area contributed by atoms with Crippen LogP contribution in [0.1, 0.15) is 0 Å². The Hall–Kier alpha value is 0.851. The van der Waals surface area contributed by atoms with Gasteiger partial charge in [0.1, 0.15) is 4.47 Å². The van der Waals surface area contributed by atoms with Crippen molar-refractivity contribution in [1.82, 2.24) is 9.55 Å². The third-order valence-electron chi connectivity index (χ3n) is 1.26. The predicted molar refractivity (Wildman–Crippen MR) is 45.3 cm³/mol. The first-order chi connectivity index (χ1) is 5.90. The second kappa shape index (κ2) is 5.81. The van der Waals surface area contributed by atoms with Gasteiger partial charge in [-0.15, -0.1) is 0 Å². The molecule has 0 saturated heterocycles. The third kappa shape index (κ3) is 4.58. The molecule has 0 aliphatic heterocycles. The van der Waals surface area contributed by atoms with E-state index in [0.717, 1.165) is 12.5 Å². The van der Waals surface area contributed by atoms with Crippen LogP contribution in [0.4, 0.5) is 12.9 Å². The number of hydrogen-bond donors (Lipinski definition) is 0. The topological polar surface area (TPSA) is 34.9 Å². The smallest absolute Gasteiger partial charge is 0.448 e. The Bertz CT molecular complexity index is 369. The Morgan fingerprint density at radius 2 is 2.07 bits per heavy atom. The molecule has 1 rings (SSSR count). The predicted octanol–water partition coefficient (Wildman–Crippen LogP) is -1.60. The second-order valence-corrected chi connectivity index (χ2v) is 3.26. The summed E-state index contributed by atoms with van der Waals surface area (Å²) >= 11 is 2.80. The van der Waals surface area contributed by atoms with Crippen LogP contribution >= 0.6 is 15.9 Å². The van der Waals surface area contributed by atoms with E-state index in [-0.39, 0.29) is 55.9 Å². The molecular formula is C5H4BBrF3KN2O. The van der Waals surface area contributed by atoms with Crippen LogP contribution in [0.5, 0.6) is 0 Å². The molecule has 0 spiro atoms. The molecule has 0 aliphatic rings. The Labute approximate surface area is 129 Å². The molecule has 0 bridgehead atoms. The van der Waals surface area contributed by atoms with E-state index < -0.39 is 19.0 Å². The van der Waals surface area contributed by atoms with E-state index in [2.05, 4.69) is 20.9 Å². The zero-order chi connectivity index (χ0) is 10.1. The molecule has 14 heavy (non-hydrogen) atoms. The molecule has 0 fully saturated rings. The average Bonchev–Trinajstić information content (AvgIpc) is 1.96. The van der Waals surface area contributed by atoms with E-state index in [1.165, 1.54) is 0 Å². The first-order valence-electron chi connectivity index (χ1n) is 3.31. The van der Waals surface area contributed by atoms with E-state index in [4.69, 9.17) is 0 Å². The molecule has 0 saturated carbocycles. The summed E-state index contributed by atoms with van der Waals surface area (Å²) in [7, 11) is 0. The summed E-state index contributed by atoms with van der Waals surface area (Å²) in [6.07, 6.45) is 0.760. The molecule has 0 aromatic carbocycles. The van der Waals surface area contributed by atoms with Gasteiger partial charge < -0.3 is 17.5 Å².